The zero-order valence-electron chi connectivity index (χ0n) is 34.2. The van der Waals surface area contributed by atoms with Crippen molar-refractivity contribution < 1.29 is 0 Å². The molecule has 1 aliphatic carbocycles. The number of hydrogen-bond donors (Lipinski definition) is 0. The third kappa shape index (κ3) is 7.99. The number of aromatic nitrogens is 2. The highest BCUT2D eigenvalue weighted by atomic mass is 15.0. The molecule has 0 saturated heterocycles. The monoisotopic (exact) mass is 741 g/mol. The molecule has 1 aliphatic rings. The van der Waals surface area contributed by atoms with Gasteiger partial charge in [0.15, 0.2) is 0 Å². The largest absolute Gasteiger partial charge is 0.316 e. The van der Waals surface area contributed by atoms with E-state index in [0.29, 0.717) is 5.56 Å². The van der Waals surface area contributed by atoms with Crippen LogP contribution in [0.5, 0.6) is 0 Å². The Morgan fingerprint density at radius 1 is 0.754 bits per heavy atom. The summed E-state index contributed by atoms with van der Waals surface area (Å²) in [5, 5.41) is 12.0. The van der Waals surface area contributed by atoms with Gasteiger partial charge in [0.1, 0.15) is 0 Å². The van der Waals surface area contributed by atoms with Crippen molar-refractivity contribution in [1.82, 2.24) is 9.55 Å². The van der Waals surface area contributed by atoms with Crippen LogP contribution in [0.4, 0.5) is 0 Å². The second-order valence-electron chi connectivity index (χ2n) is 14.3. The molecule has 5 aromatic carbocycles. The predicted octanol–water partition coefficient (Wildman–Crippen LogP) is 14.9. The van der Waals surface area contributed by atoms with E-state index in [9.17, 15) is 0 Å². The molecule has 0 atom stereocenters. The summed E-state index contributed by atoms with van der Waals surface area (Å²) in [6.45, 7) is 19.1. The highest BCUT2D eigenvalue weighted by molar-refractivity contribution is 6.11. The fourth-order valence-corrected chi connectivity index (χ4v) is 7.77. The summed E-state index contributed by atoms with van der Waals surface area (Å²) in [4.78, 5) is 5.10. The number of allylic oxidation sites excluding steroid dienone is 10. The van der Waals surface area contributed by atoms with Gasteiger partial charge in [0, 0.05) is 27.8 Å². The Morgan fingerprint density at radius 2 is 1.40 bits per heavy atom. The third-order valence-electron chi connectivity index (χ3n) is 10.5. The lowest BCUT2D eigenvalue weighted by Crippen LogP contribution is -2.15. The molecule has 0 amide bonds. The van der Waals surface area contributed by atoms with Gasteiger partial charge < -0.3 is 4.57 Å². The van der Waals surface area contributed by atoms with Crippen LogP contribution in [0.2, 0.25) is 0 Å². The zero-order valence-corrected chi connectivity index (χ0v) is 34.2. The highest BCUT2D eigenvalue weighted by Crippen LogP contribution is 2.49. The van der Waals surface area contributed by atoms with Gasteiger partial charge in [-0.25, -0.2) is 4.98 Å². The molecule has 8 rings (SSSR count). The van der Waals surface area contributed by atoms with Crippen molar-refractivity contribution >= 4 is 50.1 Å². The van der Waals surface area contributed by atoms with Gasteiger partial charge >= 0.3 is 0 Å². The number of para-hydroxylation sites is 2. The van der Waals surface area contributed by atoms with Crippen molar-refractivity contribution in [3.05, 3.63) is 204 Å². The summed E-state index contributed by atoms with van der Waals surface area (Å²) < 4.78 is 2.34. The molecular weight excluding hydrogens is 691 g/mol. The number of hydrogen-bond acceptors (Lipinski definition) is 2. The number of rotatable bonds is 7. The molecule has 0 radical (unpaired) electrons. The van der Waals surface area contributed by atoms with Gasteiger partial charge in [-0.15, -0.1) is 0 Å². The highest BCUT2D eigenvalue weighted by Gasteiger charge is 2.36. The number of nitrogens with zero attached hydrogens (tertiary/aromatic N) is 3. The van der Waals surface area contributed by atoms with Crippen molar-refractivity contribution in [1.29, 1.82) is 5.26 Å². The second kappa shape index (κ2) is 17.8. The molecule has 2 heterocycles. The molecule has 57 heavy (non-hydrogen) atoms. The first-order valence-electron chi connectivity index (χ1n) is 19.8. The second-order valence-corrected chi connectivity index (χ2v) is 14.3. The smallest absolute Gasteiger partial charge is 0.0991 e. The van der Waals surface area contributed by atoms with Crippen LogP contribution in [0.1, 0.15) is 70.9 Å². The minimum atomic E-state index is -0.113. The molecule has 3 nitrogen and oxygen atoms in total. The lowest BCUT2D eigenvalue weighted by atomic mass is 9.81. The number of fused-ring (bicyclic) bond motifs is 5. The lowest BCUT2D eigenvalue weighted by molar-refractivity contribution is 0.655. The van der Waals surface area contributed by atoms with Gasteiger partial charge in [0.05, 0.1) is 33.9 Å². The molecule has 0 fully saturated rings. The summed E-state index contributed by atoms with van der Waals surface area (Å²) in [6.07, 6.45) is 15.2. The van der Waals surface area contributed by atoms with Crippen LogP contribution in [-0.2, 0) is 5.41 Å². The topological polar surface area (TPSA) is 41.6 Å². The van der Waals surface area contributed by atoms with Crippen molar-refractivity contribution in [3.63, 3.8) is 0 Å². The molecule has 0 spiro atoms. The molecule has 0 aliphatic heterocycles. The molecule has 0 bridgehead atoms. The van der Waals surface area contributed by atoms with Crippen LogP contribution in [-0.4, -0.2) is 9.55 Å². The first-order chi connectivity index (χ1) is 27.8. The normalized spacial score (nSPS) is 13.7. The van der Waals surface area contributed by atoms with Crippen LogP contribution in [0, 0.1) is 11.3 Å². The fraction of sp³-hybridized carbons (Fsp3) is 0.148. The van der Waals surface area contributed by atoms with Crippen LogP contribution in [0.15, 0.2) is 182 Å². The molecule has 282 valence electrons. The minimum absolute atomic E-state index is 0.113. The van der Waals surface area contributed by atoms with Gasteiger partial charge in [-0.2, -0.15) is 5.26 Å². The maximum absolute atomic E-state index is 8.29. The lowest BCUT2D eigenvalue weighted by Gasteiger charge is -2.22. The SMILES string of the molecule is C=CC1=C(/C=C\C)c2cc3c(cc2C1(C)C)c1ccccc1n3/C=C/C(C)=C\C(=C/C)c1cc(-c2ccccc2)c2ccccc2n1.CC.N#Cc1ccccc1. The Kier molecular flexibility index (Phi) is 12.5. The Balaban J connectivity index is 0.000000485. The standard InChI is InChI=1S/C45H40N2.C7H5N.C2H6/c1-7-17-33-37-29-44-38(27-40(37)45(5,6)39(33)9-3)35-21-14-16-23-43(35)47(44)25-24-30(4)26-31(8-2)42-28-36(32-18-11-10-12-19-32)34-20-13-15-22-41(34)46-42;8-6-7-4-2-1-3-5-7;1-2/h7-29H,3H2,1-2,4-6H3;1-5H;1-2H3/b17-7-,25-24+,30-26-,31-8+;;. The van der Waals surface area contributed by atoms with Gasteiger partial charge in [-0.05, 0) is 114 Å². The van der Waals surface area contributed by atoms with Gasteiger partial charge in [-0.3, -0.25) is 0 Å². The maximum atomic E-state index is 8.29. The van der Waals surface area contributed by atoms with E-state index in [1.807, 2.05) is 44.2 Å². The molecule has 2 aromatic heterocycles. The predicted molar refractivity (Wildman–Crippen MR) is 247 cm³/mol. The van der Waals surface area contributed by atoms with Crippen molar-refractivity contribution in [2.24, 2.45) is 0 Å². The Bertz CT molecular complexity index is 2760. The van der Waals surface area contributed by atoms with E-state index in [4.69, 9.17) is 10.2 Å². The molecule has 0 unspecified atom stereocenters. The molecule has 7 aromatic rings. The number of benzene rings is 5. The molecular formula is C54H51N3. The third-order valence-corrected chi connectivity index (χ3v) is 10.5. The molecule has 0 N–H and O–H groups in total. The van der Waals surface area contributed by atoms with Gasteiger partial charge in [-0.1, -0.05) is 150 Å². The molecule has 0 saturated carbocycles. The maximum Gasteiger partial charge on any atom is 0.0991 e. The van der Waals surface area contributed by atoms with E-state index in [1.54, 1.807) is 12.1 Å². The quantitative estimate of drug-likeness (QED) is 0.153. The van der Waals surface area contributed by atoms with Crippen LogP contribution in [0.3, 0.4) is 0 Å². The van der Waals surface area contributed by atoms with E-state index in [1.165, 1.54) is 55.2 Å². The van der Waals surface area contributed by atoms with E-state index < -0.39 is 0 Å². The van der Waals surface area contributed by atoms with Crippen LogP contribution >= 0.6 is 0 Å². The summed E-state index contributed by atoms with van der Waals surface area (Å²) in [6, 6.07) is 45.9. The van der Waals surface area contributed by atoms with Crippen molar-refractivity contribution in [2.45, 2.75) is 53.9 Å². The van der Waals surface area contributed by atoms with Crippen molar-refractivity contribution in [3.8, 4) is 17.2 Å². The van der Waals surface area contributed by atoms with E-state index in [2.05, 4.69) is 179 Å². The Labute approximate surface area is 338 Å². The average molecular weight is 742 g/mol. The Morgan fingerprint density at radius 3 is 2.05 bits per heavy atom. The van der Waals surface area contributed by atoms with E-state index in [0.717, 1.165) is 27.7 Å². The summed E-state index contributed by atoms with van der Waals surface area (Å²) in [5.41, 5.74) is 14.8. The minimum Gasteiger partial charge on any atom is -0.316 e. The molecule has 3 heteroatoms. The van der Waals surface area contributed by atoms with Crippen LogP contribution < -0.4 is 0 Å². The summed E-state index contributed by atoms with van der Waals surface area (Å²) in [5.74, 6) is 0. The van der Waals surface area contributed by atoms with Gasteiger partial charge in [0.25, 0.3) is 0 Å². The first-order valence-corrected chi connectivity index (χ1v) is 19.8. The Hall–Kier alpha value is -6.76. The van der Waals surface area contributed by atoms with Crippen LogP contribution in [0.25, 0.3) is 61.2 Å². The first kappa shape index (κ1) is 39.9. The summed E-state index contributed by atoms with van der Waals surface area (Å²) >= 11 is 0. The van der Waals surface area contributed by atoms with E-state index in [-0.39, 0.29) is 5.41 Å². The van der Waals surface area contributed by atoms with Gasteiger partial charge in [0.2, 0.25) is 0 Å². The van der Waals surface area contributed by atoms with Crippen molar-refractivity contribution in [2.75, 3.05) is 0 Å². The number of pyridine rings is 1. The summed E-state index contributed by atoms with van der Waals surface area (Å²) in [7, 11) is 0. The zero-order chi connectivity index (χ0) is 40.5. The van der Waals surface area contributed by atoms with E-state index >= 15 is 0 Å². The fourth-order valence-electron chi connectivity index (χ4n) is 7.77. The number of nitriles is 1. The average Bonchev–Trinajstić information content (AvgIpc) is 3.68.